The molecular weight excluding hydrogens is 314 g/mol. The summed E-state index contributed by atoms with van der Waals surface area (Å²) >= 11 is 0. The molecule has 0 aliphatic carbocycles. The molecular formula is C17H30ClN3O2. The monoisotopic (exact) mass is 343 g/mol. The van der Waals surface area contributed by atoms with Gasteiger partial charge in [0, 0.05) is 45.2 Å². The number of nitrogens with zero attached hydrogens (tertiary/aromatic N) is 2. The number of nitrogens with one attached hydrogen (secondary N) is 1. The zero-order chi connectivity index (χ0) is 15.7. The van der Waals surface area contributed by atoms with E-state index in [1.54, 1.807) is 0 Å². The van der Waals surface area contributed by atoms with Crippen LogP contribution in [0.1, 0.15) is 33.1 Å². The number of halogens is 1. The molecule has 4 atom stereocenters. The molecule has 3 fully saturated rings. The number of hydrogen-bond acceptors (Lipinski definition) is 3. The number of piperidine rings is 1. The summed E-state index contributed by atoms with van der Waals surface area (Å²) in [4.78, 5) is 29.2. The van der Waals surface area contributed by atoms with Gasteiger partial charge in [-0.1, -0.05) is 13.8 Å². The van der Waals surface area contributed by atoms with Crippen molar-refractivity contribution in [2.45, 2.75) is 33.1 Å². The maximum absolute atomic E-state index is 12.8. The molecule has 23 heavy (non-hydrogen) atoms. The Hall–Kier alpha value is -0.810. The summed E-state index contributed by atoms with van der Waals surface area (Å²) in [5, 5.41) is 3.41. The van der Waals surface area contributed by atoms with Gasteiger partial charge in [-0.05, 0) is 31.1 Å². The van der Waals surface area contributed by atoms with Gasteiger partial charge >= 0.3 is 0 Å². The van der Waals surface area contributed by atoms with Gasteiger partial charge < -0.3 is 15.1 Å². The van der Waals surface area contributed by atoms with E-state index in [9.17, 15) is 9.59 Å². The van der Waals surface area contributed by atoms with Crippen LogP contribution >= 0.6 is 12.4 Å². The molecule has 0 saturated carbocycles. The fourth-order valence-electron chi connectivity index (χ4n) is 4.16. The summed E-state index contributed by atoms with van der Waals surface area (Å²) in [6, 6.07) is 0. The Morgan fingerprint density at radius 2 is 1.78 bits per heavy atom. The highest BCUT2D eigenvalue weighted by atomic mass is 35.5. The van der Waals surface area contributed by atoms with Gasteiger partial charge in [-0.3, -0.25) is 9.59 Å². The smallest absolute Gasteiger partial charge is 0.227 e. The van der Waals surface area contributed by atoms with E-state index < -0.39 is 0 Å². The van der Waals surface area contributed by atoms with Crippen molar-refractivity contribution in [3.63, 3.8) is 0 Å². The van der Waals surface area contributed by atoms with Gasteiger partial charge in [0.25, 0.3) is 0 Å². The van der Waals surface area contributed by atoms with Crippen LogP contribution < -0.4 is 5.32 Å². The number of fused-ring (bicyclic) bond motifs is 1. The van der Waals surface area contributed by atoms with Crippen molar-refractivity contribution in [1.29, 1.82) is 0 Å². The lowest BCUT2D eigenvalue weighted by atomic mass is 9.95. The van der Waals surface area contributed by atoms with Crippen molar-refractivity contribution < 1.29 is 9.59 Å². The average molecular weight is 344 g/mol. The highest BCUT2D eigenvalue weighted by molar-refractivity contribution is 5.85. The number of carbonyl (C=O) groups is 2. The Bertz CT molecular complexity index is 434. The van der Waals surface area contributed by atoms with Gasteiger partial charge in [0.2, 0.25) is 11.8 Å². The fourth-order valence-corrected chi connectivity index (χ4v) is 4.16. The number of amides is 2. The molecule has 5 nitrogen and oxygen atoms in total. The summed E-state index contributed by atoms with van der Waals surface area (Å²) in [5.41, 5.74) is 0. The maximum atomic E-state index is 12.8. The summed E-state index contributed by atoms with van der Waals surface area (Å²) < 4.78 is 0. The molecule has 3 saturated heterocycles. The summed E-state index contributed by atoms with van der Waals surface area (Å²) in [6.45, 7) is 9.41. The normalized spacial score (nSPS) is 31.5. The van der Waals surface area contributed by atoms with Crippen LogP contribution in [0.5, 0.6) is 0 Å². The fraction of sp³-hybridized carbons (Fsp3) is 0.882. The molecule has 1 N–H and O–H groups in total. The first kappa shape index (κ1) is 18.5. The highest BCUT2D eigenvalue weighted by Gasteiger charge is 2.40. The minimum Gasteiger partial charge on any atom is -0.342 e. The minimum atomic E-state index is 0. The second-order valence-electron chi connectivity index (χ2n) is 7.35. The van der Waals surface area contributed by atoms with E-state index in [-0.39, 0.29) is 36.1 Å². The largest absolute Gasteiger partial charge is 0.342 e. The quantitative estimate of drug-likeness (QED) is 0.842. The van der Waals surface area contributed by atoms with Crippen molar-refractivity contribution in [1.82, 2.24) is 15.1 Å². The van der Waals surface area contributed by atoms with Crippen LogP contribution in [0, 0.1) is 23.7 Å². The van der Waals surface area contributed by atoms with E-state index in [0.717, 1.165) is 52.0 Å². The maximum Gasteiger partial charge on any atom is 0.227 e. The van der Waals surface area contributed by atoms with Crippen LogP contribution in [0.25, 0.3) is 0 Å². The van der Waals surface area contributed by atoms with Crippen LogP contribution in [-0.4, -0.2) is 60.9 Å². The SMILES string of the molecule is CCC(C)C(=O)N1CCCC(C(=O)N2C[C@H]3CNC[C@H]3C2)C1.Cl. The van der Waals surface area contributed by atoms with Gasteiger partial charge in [0.1, 0.15) is 0 Å². The molecule has 2 unspecified atom stereocenters. The molecule has 3 heterocycles. The minimum absolute atomic E-state index is 0. The first-order chi connectivity index (χ1) is 10.6. The lowest BCUT2D eigenvalue weighted by Gasteiger charge is -2.35. The van der Waals surface area contributed by atoms with Crippen LogP contribution in [-0.2, 0) is 9.59 Å². The van der Waals surface area contributed by atoms with E-state index in [1.807, 2.05) is 18.7 Å². The van der Waals surface area contributed by atoms with Gasteiger partial charge in [0.05, 0.1) is 5.92 Å². The molecule has 132 valence electrons. The second-order valence-corrected chi connectivity index (χ2v) is 7.35. The molecule has 6 heteroatoms. The van der Waals surface area contributed by atoms with Gasteiger partial charge in [-0.15, -0.1) is 12.4 Å². The molecule has 0 radical (unpaired) electrons. The third-order valence-electron chi connectivity index (χ3n) is 5.82. The van der Waals surface area contributed by atoms with Crippen molar-refractivity contribution in [3.8, 4) is 0 Å². The van der Waals surface area contributed by atoms with Gasteiger partial charge in [0.15, 0.2) is 0 Å². The van der Waals surface area contributed by atoms with Crippen molar-refractivity contribution >= 4 is 24.2 Å². The number of rotatable bonds is 3. The Kier molecular flexibility index (Phi) is 6.32. The Morgan fingerprint density at radius 3 is 2.39 bits per heavy atom. The summed E-state index contributed by atoms with van der Waals surface area (Å²) in [5.74, 6) is 1.90. The summed E-state index contributed by atoms with van der Waals surface area (Å²) in [7, 11) is 0. The predicted molar refractivity (Wildman–Crippen MR) is 92.4 cm³/mol. The number of carbonyl (C=O) groups excluding carboxylic acids is 2. The van der Waals surface area contributed by atoms with Gasteiger partial charge in [-0.25, -0.2) is 0 Å². The molecule has 3 aliphatic heterocycles. The van der Waals surface area contributed by atoms with Crippen LogP contribution in [0.15, 0.2) is 0 Å². The molecule has 0 aromatic heterocycles. The van der Waals surface area contributed by atoms with Crippen molar-refractivity contribution in [2.75, 3.05) is 39.3 Å². The standard InChI is InChI=1S/C17H29N3O2.ClH/c1-3-12(2)16(21)19-6-4-5-13(9-19)17(22)20-10-14-7-18-8-15(14)11-20;/h12-15,18H,3-11H2,1-2H3;1H/t12?,13?,14-,15+;. The second kappa shape index (κ2) is 7.84. The number of likely N-dealkylation sites (tertiary alicyclic amines) is 2. The summed E-state index contributed by atoms with van der Waals surface area (Å²) in [6.07, 6.45) is 2.77. The van der Waals surface area contributed by atoms with Crippen molar-refractivity contribution in [3.05, 3.63) is 0 Å². The molecule has 0 aromatic rings. The van der Waals surface area contributed by atoms with Crippen LogP contribution in [0.3, 0.4) is 0 Å². The highest BCUT2D eigenvalue weighted by Crippen LogP contribution is 2.29. The predicted octanol–water partition coefficient (Wildman–Crippen LogP) is 1.37. The first-order valence-corrected chi connectivity index (χ1v) is 8.88. The third-order valence-corrected chi connectivity index (χ3v) is 5.82. The Balaban J connectivity index is 0.00000192. The number of hydrogen-bond donors (Lipinski definition) is 1. The molecule has 0 aromatic carbocycles. The van der Waals surface area contributed by atoms with Gasteiger partial charge in [-0.2, -0.15) is 0 Å². The molecule has 0 bridgehead atoms. The Morgan fingerprint density at radius 1 is 1.13 bits per heavy atom. The van der Waals surface area contributed by atoms with Crippen LogP contribution in [0.2, 0.25) is 0 Å². The van der Waals surface area contributed by atoms with E-state index in [4.69, 9.17) is 0 Å². The topological polar surface area (TPSA) is 52.7 Å². The zero-order valence-electron chi connectivity index (χ0n) is 14.3. The molecule has 3 rings (SSSR count). The van der Waals surface area contributed by atoms with E-state index >= 15 is 0 Å². The molecule has 2 amide bonds. The van der Waals surface area contributed by atoms with E-state index in [1.165, 1.54) is 0 Å². The van der Waals surface area contributed by atoms with E-state index in [0.29, 0.717) is 18.4 Å². The molecule has 3 aliphatic rings. The van der Waals surface area contributed by atoms with E-state index in [2.05, 4.69) is 10.2 Å². The Labute approximate surface area is 145 Å². The first-order valence-electron chi connectivity index (χ1n) is 8.88. The van der Waals surface area contributed by atoms with Crippen LogP contribution in [0.4, 0.5) is 0 Å². The average Bonchev–Trinajstić information content (AvgIpc) is 3.14. The third kappa shape index (κ3) is 3.82. The molecule has 0 spiro atoms. The van der Waals surface area contributed by atoms with Crippen molar-refractivity contribution in [2.24, 2.45) is 23.7 Å². The lowest BCUT2D eigenvalue weighted by Crippen LogP contribution is -2.47. The zero-order valence-corrected chi connectivity index (χ0v) is 15.1. The lowest BCUT2D eigenvalue weighted by molar-refractivity contribution is -0.142.